The summed E-state index contributed by atoms with van der Waals surface area (Å²) in [6.07, 6.45) is 1.80. The van der Waals surface area contributed by atoms with Crippen molar-refractivity contribution in [1.82, 2.24) is 16.0 Å². The summed E-state index contributed by atoms with van der Waals surface area (Å²) in [5.74, 6) is 0.817. The maximum atomic E-state index is 12.3. The maximum Gasteiger partial charge on any atom is 0.317 e. The Morgan fingerprint density at radius 2 is 1.78 bits per heavy atom. The molecular weight excluding hydrogens is 338 g/mol. The van der Waals surface area contributed by atoms with Crippen LogP contribution in [0.25, 0.3) is 0 Å². The topological polar surface area (TPSA) is 62.4 Å². The fourth-order valence-electron chi connectivity index (χ4n) is 4.20. The minimum atomic E-state index is -0.182. The van der Waals surface area contributed by atoms with Crippen LogP contribution < -0.4 is 20.7 Å². The van der Waals surface area contributed by atoms with E-state index in [0.29, 0.717) is 0 Å². The molecule has 0 atom stereocenters. The third kappa shape index (κ3) is 6.42. The van der Waals surface area contributed by atoms with Crippen LogP contribution in [0, 0.1) is 6.92 Å². The average molecular weight is 376 g/mol. The molecule has 3 N–H and O–H groups in total. The van der Waals surface area contributed by atoms with Gasteiger partial charge in [0.25, 0.3) is 0 Å². The van der Waals surface area contributed by atoms with Crippen LogP contribution in [-0.2, 0) is 5.41 Å². The number of rotatable bonds is 4. The van der Waals surface area contributed by atoms with Crippen LogP contribution in [0.15, 0.2) is 18.2 Å². The van der Waals surface area contributed by atoms with Crippen molar-refractivity contribution in [3.8, 4) is 5.75 Å². The predicted molar refractivity (Wildman–Crippen MR) is 111 cm³/mol. The number of hydrogen-bond acceptors (Lipinski definition) is 3. The Labute approximate surface area is 164 Å². The van der Waals surface area contributed by atoms with Crippen LogP contribution in [0.1, 0.15) is 72.4 Å². The first-order valence-corrected chi connectivity index (χ1v) is 9.85. The number of urea groups is 1. The number of hydrogen-bond donors (Lipinski definition) is 3. The molecule has 1 aliphatic heterocycles. The van der Waals surface area contributed by atoms with Crippen molar-refractivity contribution in [2.75, 3.05) is 6.73 Å². The van der Waals surface area contributed by atoms with E-state index in [0.717, 1.165) is 24.2 Å². The highest BCUT2D eigenvalue weighted by Gasteiger charge is 2.38. The minimum absolute atomic E-state index is 0.000292. The highest BCUT2D eigenvalue weighted by Crippen LogP contribution is 2.32. The zero-order valence-electron chi connectivity index (χ0n) is 18.2. The van der Waals surface area contributed by atoms with Crippen molar-refractivity contribution in [2.24, 2.45) is 0 Å². The zero-order valence-corrected chi connectivity index (χ0v) is 18.2. The van der Waals surface area contributed by atoms with Crippen LogP contribution >= 0.6 is 0 Å². The monoisotopic (exact) mass is 375 g/mol. The number of amides is 2. The molecule has 1 saturated heterocycles. The van der Waals surface area contributed by atoms with Gasteiger partial charge in [-0.05, 0) is 64.5 Å². The molecule has 2 amide bonds. The van der Waals surface area contributed by atoms with Gasteiger partial charge in [-0.3, -0.25) is 0 Å². The molecule has 1 aromatic rings. The van der Waals surface area contributed by atoms with Gasteiger partial charge in [-0.2, -0.15) is 0 Å². The largest absolute Gasteiger partial charge is 0.473 e. The summed E-state index contributed by atoms with van der Waals surface area (Å²) >= 11 is 0. The summed E-state index contributed by atoms with van der Waals surface area (Å²) in [6, 6.07) is 6.12. The molecule has 152 valence electrons. The van der Waals surface area contributed by atoms with Gasteiger partial charge in [0.1, 0.15) is 5.75 Å². The lowest BCUT2D eigenvalue weighted by Crippen LogP contribution is -2.62. The Balaban J connectivity index is 1.90. The lowest BCUT2D eigenvalue weighted by atomic mass is 9.80. The normalized spacial score (nSPS) is 19.4. The summed E-state index contributed by atoms with van der Waals surface area (Å²) in [7, 11) is 0. The Bertz CT molecular complexity index is 659. The Morgan fingerprint density at radius 3 is 2.33 bits per heavy atom. The van der Waals surface area contributed by atoms with Crippen molar-refractivity contribution in [3.63, 3.8) is 0 Å². The highest BCUT2D eigenvalue weighted by atomic mass is 16.5. The number of benzene rings is 1. The summed E-state index contributed by atoms with van der Waals surface area (Å²) in [5, 5.41) is 9.56. The second-order valence-corrected chi connectivity index (χ2v) is 10.2. The number of carbonyl (C=O) groups is 1. The van der Waals surface area contributed by atoms with Gasteiger partial charge < -0.3 is 20.7 Å². The van der Waals surface area contributed by atoms with Gasteiger partial charge >= 0.3 is 6.03 Å². The van der Waals surface area contributed by atoms with Gasteiger partial charge in [0.05, 0.1) is 0 Å². The molecule has 5 heteroatoms. The number of ether oxygens (including phenoxy) is 1. The predicted octanol–water partition coefficient (Wildman–Crippen LogP) is 4.24. The second kappa shape index (κ2) is 7.70. The van der Waals surface area contributed by atoms with Gasteiger partial charge in [0, 0.05) is 17.1 Å². The lowest BCUT2D eigenvalue weighted by molar-refractivity contribution is 0.146. The van der Waals surface area contributed by atoms with E-state index in [1.807, 2.05) is 12.1 Å². The third-order valence-electron chi connectivity index (χ3n) is 4.93. The van der Waals surface area contributed by atoms with Crippen molar-refractivity contribution in [2.45, 2.75) is 90.8 Å². The van der Waals surface area contributed by atoms with Gasteiger partial charge in [0.15, 0.2) is 6.73 Å². The smallest absolute Gasteiger partial charge is 0.317 e. The Morgan fingerprint density at radius 1 is 1.19 bits per heavy atom. The standard InChI is InChI=1S/C22H37N3O2/c1-15-9-10-18(17(11-15)20(2,3)4)27-14-23-19(26)24-16-12-21(5,6)25-22(7,8)13-16/h9-11,16,25H,12-14H2,1-8H3,(H2,23,24,26). The third-order valence-corrected chi connectivity index (χ3v) is 4.93. The van der Waals surface area contributed by atoms with Crippen molar-refractivity contribution in [3.05, 3.63) is 29.3 Å². The van der Waals surface area contributed by atoms with E-state index in [4.69, 9.17) is 4.74 Å². The van der Waals surface area contributed by atoms with E-state index in [2.05, 4.69) is 77.4 Å². The fourth-order valence-corrected chi connectivity index (χ4v) is 4.20. The molecule has 0 radical (unpaired) electrons. The van der Waals surface area contributed by atoms with E-state index < -0.39 is 0 Å². The van der Waals surface area contributed by atoms with E-state index in [1.54, 1.807) is 0 Å². The first-order valence-electron chi connectivity index (χ1n) is 9.85. The Kier molecular flexibility index (Phi) is 6.15. The van der Waals surface area contributed by atoms with Gasteiger partial charge in [-0.15, -0.1) is 0 Å². The van der Waals surface area contributed by atoms with E-state index in [9.17, 15) is 4.79 Å². The molecule has 1 heterocycles. The fraction of sp³-hybridized carbons (Fsp3) is 0.682. The molecular formula is C22H37N3O2. The van der Waals surface area contributed by atoms with Crippen LogP contribution in [0.3, 0.4) is 0 Å². The van der Waals surface area contributed by atoms with Crippen LogP contribution in [0.4, 0.5) is 4.79 Å². The number of carbonyl (C=O) groups excluding carboxylic acids is 1. The molecule has 27 heavy (non-hydrogen) atoms. The number of aryl methyl sites for hydroxylation is 1. The van der Waals surface area contributed by atoms with Crippen LogP contribution in [0.2, 0.25) is 0 Å². The molecule has 0 unspecified atom stereocenters. The molecule has 0 spiro atoms. The summed E-state index contributed by atoms with van der Waals surface area (Å²) < 4.78 is 5.88. The maximum absolute atomic E-state index is 12.3. The van der Waals surface area contributed by atoms with Gasteiger partial charge in [-0.1, -0.05) is 38.5 Å². The summed E-state index contributed by atoms with van der Waals surface area (Å²) in [6.45, 7) is 17.4. The summed E-state index contributed by atoms with van der Waals surface area (Å²) in [5.41, 5.74) is 2.33. The van der Waals surface area contributed by atoms with E-state index >= 15 is 0 Å². The molecule has 0 aromatic heterocycles. The lowest BCUT2D eigenvalue weighted by Gasteiger charge is -2.46. The van der Waals surface area contributed by atoms with Gasteiger partial charge in [-0.25, -0.2) is 4.79 Å². The average Bonchev–Trinajstić information content (AvgIpc) is 2.44. The molecule has 1 fully saturated rings. The quantitative estimate of drug-likeness (QED) is 0.690. The number of nitrogens with one attached hydrogen (secondary N) is 3. The minimum Gasteiger partial charge on any atom is -0.473 e. The SMILES string of the molecule is Cc1ccc(OCNC(=O)NC2CC(C)(C)NC(C)(C)C2)c(C(C)(C)C)c1. The van der Waals surface area contributed by atoms with Gasteiger partial charge in [0.2, 0.25) is 0 Å². The highest BCUT2D eigenvalue weighted by molar-refractivity contribution is 5.74. The molecule has 1 aliphatic rings. The molecule has 5 nitrogen and oxygen atoms in total. The summed E-state index contributed by atoms with van der Waals surface area (Å²) in [4.78, 5) is 12.3. The molecule has 0 aliphatic carbocycles. The number of piperidine rings is 1. The second-order valence-electron chi connectivity index (χ2n) is 10.2. The van der Waals surface area contributed by atoms with Crippen LogP contribution in [0.5, 0.6) is 5.75 Å². The van der Waals surface area contributed by atoms with E-state index in [1.165, 1.54) is 5.56 Å². The molecule has 0 bridgehead atoms. The Hall–Kier alpha value is -1.75. The van der Waals surface area contributed by atoms with E-state index in [-0.39, 0.29) is 35.3 Å². The first-order chi connectivity index (χ1) is 12.3. The zero-order chi connectivity index (χ0) is 20.5. The van der Waals surface area contributed by atoms with Crippen molar-refractivity contribution in [1.29, 1.82) is 0 Å². The van der Waals surface area contributed by atoms with Crippen LogP contribution in [-0.4, -0.2) is 29.9 Å². The van der Waals surface area contributed by atoms with Crippen molar-refractivity contribution < 1.29 is 9.53 Å². The molecule has 2 rings (SSSR count). The molecule has 1 aromatic carbocycles. The van der Waals surface area contributed by atoms with Crippen molar-refractivity contribution >= 4 is 6.03 Å². The first kappa shape index (κ1) is 21.5. The molecule has 0 saturated carbocycles.